The summed E-state index contributed by atoms with van der Waals surface area (Å²) in [7, 11) is -3.87. The number of fused-ring (bicyclic) bond motifs is 2. The van der Waals surface area contributed by atoms with Crippen LogP contribution in [0.1, 0.15) is 18.6 Å². The third-order valence-electron chi connectivity index (χ3n) is 8.01. The number of nitrogens with two attached hydrogens (primary N) is 1. The molecule has 0 bridgehead atoms. The second-order valence-electron chi connectivity index (χ2n) is 10.6. The molecular weight excluding hydrogens is 643 g/mol. The van der Waals surface area contributed by atoms with Gasteiger partial charge in [0, 0.05) is 11.8 Å². The Hall–Kier alpha value is -1.29. The van der Waals surface area contributed by atoms with Gasteiger partial charge in [-0.05, 0) is 25.8 Å². The van der Waals surface area contributed by atoms with E-state index in [0.29, 0.717) is 16.6 Å². The molecule has 18 nitrogen and oxygen atoms in total. The first kappa shape index (κ1) is 33.1. The van der Waals surface area contributed by atoms with Crippen LogP contribution < -0.4 is 11.1 Å². The minimum absolute atomic E-state index is 0.145. The molecule has 0 aromatic carbocycles. The molecule has 1 aliphatic carbocycles. The molecule has 11 N–H and O–H groups in total. The van der Waals surface area contributed by atoms with E-state index in [-0.39, 0.29) is 5.82 Å². The number of nitrogens with one attached hydrogen (secondary N) is 2. The normalized spacial score (nSPS) is 41.0. The topological polar surface area (TPSA) is 284 Å². The summed E-state index contributed by atoms with van der Waals surface area (Å²) in [6, 6.07) is -1.03. The molecule has 3 aliphatic rings. The number of nitrogen functional groups attached to an aromatic ring is 1. The molecule has 4 heterocycles. The number of aliphatic hydroxyl groups is 5. The molecule has 8 unspecified atom stereocenters. The largest absolute Gasteiger partial charge is 0.481 e. The van der Waals surface area contributed by atoms with E-state index in [2.05, 4.69) is 24.6 Å². The highest BCUT2D eigenvalue weighted by atomic mass is 32.5. The minimum atomic E-state index is -5.34. The number of ether oxygens (including phenoxy) is 2. The van der Waals surface area contributed by atoms with Crippen molar-refractivity contribution in [2.24, 2.45) is 11.8 Å². The van der Waals surface area contributed by atoms with Gasteiger partial charge in [-0.3, -0.25) is 4.52 Å². The number of hydrogen-bond donors (Lipinski definition) is 10. The molecule has 22 heteroatoms. The zero-order chi connectivity index (χ0) is 31.7. The van der Waals surface area contributed by atoms with Crippen LogP contribution in [0.5, 0.6) is 0 Å². The van der Waals surface area contributed by atoms with Crippen molar-refractivity contribution in [2.75, 3.05) is 26.0 Å². The van der Waals surface area contributed by atoms with Gasteiger partial charge in [0.25, 0.3) is 0 Å². The number of aromatic nitrogens is 3. The van der Waals surface area contributed by atoms with E-state index in [4.69, 9.17) is 36.1 Å². The van der Waals surface area contributed by atoms with E-state index < -0.39 is 93.9 Å². The van der Waals surface area contributed by atoms with Crippen LogP contribution in [0.15, 0.2) is 12.5 Å². The van der Waals surface area contributed by atoms with Crippen LogP contribution >= 0.6 is 14.5 Å². The molecule has 2 aromatic heterocycles. The molecule has 13 atom stereocenters. The fraction of sp³-hybridized carbons (Fsp3) is 0.714. The second-order valence-corrected chi connectivity index (χ2v) is 15.0. The summed E-state index contributed by atoms with van der Waals surface area (Å²) in [6.07, 6.45) is -6.78. The van der Waals surface area contributed by atoms with Crippen molar-refractivity contribution in [3.8, 4) is 0 Å². The van der Waals surface area contributed by atoms with Crippen LogP contribution in [-0.4, -0.2) is 119 Å². The number of phosphoric ester groups is 1. The Kier molecular flexibility index (Phi) is 8.85. The fourth-order valence-corrected chi connectivity index (χ4v) is 9.18. The number of alkyl halides is 1. The van der Waals surface area contributed by atoms with Crippen LogP contribution in [0.2, 0.25) is 0 Å². The van der Waals surface area contributed by atoms with Gasteiger partial charge in [-0.15, -0.1) is 0 Å². The first-order valence-corrected chi connectivity index (χ1v) is 16.9. The molecule has 0 amide bonds. The molecule has 43 heavy (non-hydrogen) atoms. The number of anilines is 1. The predicted molar refractivity (Wildman–Crippen MR) is 145 cm³/mol. The summed E-state index contributed by atoms with van der Waals surface area (Å²) < 4.78 is 54.5. The Bertz CT molecular complexity index is 1460. The maximum atomic E-state index is 16.1. The number of nitrogens with zero attached hydrogens (tertiary/aromatic N) is 2. The number of likely N-dealkylation sites (N-methyl/N-ethyl adjacent to an activating group) is 1. The quantitative estimate of drug-likeness (QED) is 0.116. The maximum absolute atomic E-state index is 16.1. The van der Waals surface area contributed by atoms with Crippen molar-refractivity contribution < 1.29 is 67.1 Å². The van der Waals surface area contributed by atoms with Gasteiger partial charge < -0.3 is 65.4 Å². The Labute approximate surface area is 247 Å². The summed E-state index contributed by atoms with van der Waals surface area (Å²) in [5.41, 5.74) is 4.83. The molecule has 242 valence electrons. The SMILES string of the molecule is CN[C@@H]1[C@@H](COP(O)(=S)OP(=O)(O)OC2OC3(O)C2C(O)C(O)C3[C@@H](O)CO)O[C@@H](c2c[nH]c3c(N)ncnc23)[C@]1(C)F. The van der Waals surface area contributed by atoms with Crippen molar-refractivity contribution in [2.45, 2.75) is 61.2 Å². The number of hydrogen-bond acceptors (Lipinski definition) is 16. The number of aliphatic hydroxyl groups excluding tert-OH is 4. The van der Waals surface area contributed by atoms with Gasteiger partial charge in [0.05, 0.1) is 54.9 Å². The monoisotopic (exact) mass is 675 g/mol. The van der Waals surface area contributed by atoms with Gasteiger partial charge in [0.1, 0.15) is 24.1 Å². The highest BCUT2D eigenvalue weighted by molar-refractivity contribution is 8.08. The lowest BCUT2D eigenvalue weighted by Gasteiger charge is -2.49. The molecule has 2 aliphatic heterocycles. The number of halogens is 1. The van der Waals surface area contributed by atoms with Crippen molar-refractivity contribution in [1.82, 2.24) is 20.3 Å². The predicted octanol–water partition coefficient (Wildman–Crippen LogP) is -1.97. The number of H-pyrrole nitrogens is 1. The molecule has 3 fully saturated rings. The van der Waals surface area contributed by atoms with E-state index in [9.17, 15) is 39.9 Å². The van der Waals surface area contributed by atoms with Crippen LogP contribution in [0.3, 0.4) is 0 Å². The lowest BCUT2D eigenvalue weighted by molar-refractivity contribution is -0.427. The first-order valence-electron chi connectivity index (χ1n) is 12.8. The maximum Gasteiger partial charge on any atom is 0.481 e. The van der Waals surface area contributed by atoms with E-state index in [1.165, 1.54) is 26.5 Å². The van der Waals surface area contributed by atoms with Crippen LogP contribution in [-0.2, 0) is 39.2 Å². The van der Waals surface area contributed by atoms with E-state index in [0.717, 1.165) is 0 Å². The highest BCUT2D eigenvalue weighted by Gasteiger charge is 2.73. The van der Waals surface area contributed by atoms with Crippen LogP contribution in [0, 0.1) is 11.8 Å². The summed E-state index contributed by atoms with van der Waals surface area (Å²) in [5, 5.41) is 53.0. The molecule has 1 saturated carbocycles. The van der Waals surface area contributed by atoms with Gasteiger partial charge in [-0.2, -0.15) is 0 Å². The third kappa shape index (κ3) is 5.67. The van der Waals surface area contributed by atoms with Gasteiger partial charge in [0.2, 0.25) is 0 Å². The average molecular weight is 676 g/mol. The van der Waals surface area contributed by atoms with E-state index >= 15 is 4.39 Å². The smallest absolute Gasteiger partial charge is 0.394 e. The molecule has 2 saturated heterocycles. The summed E-state index contributed by atoms with van der Waals surface area (Å²) in [6.45, 7) is -4.82. The number of aromatic amines is 1. The zero-order valence-corrected chi connectivity index (χ0v) is 25.1. The Morgan fingerprint density at radius 2 is 2.02 bits per heavy atom. The van der Waals surface area contributed by atoms with Crippen molar-refractivity contribution in [1.29, 1.82) is 0 Å². The highest BCUT2D eigenvalue weighted by Crippen LogP contribution is 2.65. The zero-order valence-electron chi connectivity index (χ0n) is 22.5. The minimum Gasteiger partial charge on any atom is -0.394 e. The molecular formula is C21H32FN5O13P2S. The van der Waals surface area contributed by atoms with Crippen molar-refractivity contribution in [3.63, 3.8) is 0 Å². The molecule has 5 rings (SSSR count). The van der Waals surface area contributed by atoms with E-state index in [1.54, 1.807) is 0 Å². The Balaban J connectivity index is 1.24. The standard InChI is InChI=1S/C21H32FN5O13P2S/c1-20(22)16(24-2)9(37-17(20)7-3-25-13-12(7)26-6-27-18(13)23)5-36-42(35,43)40-41(33,34)39-19-11-15(31)14(30)10(8(29)4-28)21(11,32)38-19/h3,6,8-11,14-17,19,24-25,28-32H,4-5H2,1-2H3,(H,33,34)(H,35,43)(H2,23,26,27)/t8-,9+,10?,11?,14?,15?,16+,17-,19?,20+,21?,42?/m0/s1. The van der Waals surface area contributed by atoms with Crippen molar-refractivity contribution >= 4 is 43.2 Å². The van der Waals surface area contributed by atoms with Crippen molar-refractivity contribution in [3.05, 3.63) is 18.1 Å². The first-order chi connectivity index (χ1) is 20.0. The van der Waals surface area contributed by atoms with Gasteiger partial charge in [-0.25, -0.2) is 23.2 Å². The lowest BCUT2D eigenvalue weighted by atomic mass is 9.86. The lowest BCUT2D eigenvalue weighted by Crippen LogP contribution is -2.64. The van der Waals surface area contributed by atoms with Crippen LogP contribution in [0.4, 0.5) is 10.2 Å². The Morgan fingerprint density at radius 3 is 2.67 bits per heavy atom. The third-order valence-corrected chi connectivity index (χ3v) is 11.5. The summed E-state index contributed by atoms with van der Waals surface area (Å²) in [5.74, 6) is -5.40. The number of phosphoric acid groups is 1. The summed E-state index contributed by atoms with van der Waals surface area (Å²) >= 11 is 4.84. The summed E-state index contributed by atoms with van der Waals surface area (Å²) in [4.78, 5) is 31.7. The molecule has 2 aromatic rings. The Morgan fingerprint density at radius 1 is 1.33 bits per heavy atom. The molecule has 0 radical (unpaired) electrons. The van der Waals surface area contributed by atoms with Crippen LogP contribution in [0.25, 0.3) is 11.0 Å². The average Bonchev–Trinajstić information content (AvgIpc) is 3.48. The number of rotatable bonds is 11. The fourth-order valence-electron chi connectivity index (χ4n) is 6.09. The van der Waals surface area contributed by atoms with E-state index in [1.807, 2.05) is 0 Å². The molecule has 0 spiro atoms. The van der Waals surface area contributed by atoms with Gasteiger partial charge in [-0.1, -0.05) is 0 Å². The van der Waals surface area contributed by atoms with Gasteiger partial charge >= 0.3 is 14.5 Å². The second kappa shape index (κ2) is 11.5. The van der Waals surface area contributed by atoms with Gasteiger partial charge in [0.15, 0.2) is 23.6 Å².